The highest BCUT2D eigenvalue weighted by Gasteiger charge is 2.28. The van der Waals surface area contributed by atoms with Crippen LogP contribution in [0.15, 0.2) is 77.4 Å². The zero-order valence-electron chi connectivity index (χ0n) is 19.6. The van der Waals surface area contributed by atoms with Gasteiger partial charge in [0.2, 0.25) is 0 Å². The van der Waals surface area contributed by atoms with Gasteiger partial charge >= 0.3 is 0 Å². The molecule has 0 aliphatic carbocycles. The number of hydrogen-bond acceptors (Lipinski definition) is 4. The fourth-order valence-electron chi connectivity index (χ4n) is 4.97. The number of furan rings is 1. The summed E-state index contributed by atoms with van der Waals surface area (Å²) in [6, 6.07) is 20.6. The summed E-state index contributed by atoms with van der Waals surface area (Å²) in [5, 5.41) is 0. The Morgan fingerprint density at radius 3 is 2.09 bits per heavy atom. The van der Waals surface area contributed by atoms with E-state index in [-0.39, 0.29) is 23.6 Å². The highest BCUT2D eigenvalue weighted by molar-refractivity contribution is 5.95. The van der Waals surface area contributed by atoms with Crippen molar-refractivity contribution >= 4 is 17.7 Å². The molecule has 7 heteroatoms. The summed E-state index contributed by atoms with van der Waals surface area (Å²) in [6.07, 6.45) is 3.42. The maximum Gasteiger partial charge on any atom is 0.289 e. The summed E-state index contributed by atoms with van der Waals surface area (Å²) in [7, 11) is 0. The van der Waals surface area contributed by atoms with Crippen LogP contribution in [0.25, 0.3) is 0 Å². The first-order valence-corrected chi connectivity index (χ1v) is 12.2. The van der Waals surface area contributed by atoms with E-state index in [0.29, 0.717) is 49.6 Å². The van der Waals surface area contributed by atoms with E-state index in [0.717, 1.165) is 24.9 Å². The molecule has 1 atom stereocenters. The molecule has 5 rings (SSSR count). The monoisotopic (exact) mass is 471 g/mol. The summed E-state index contributed by atoms with van der Waals surface area (Å²) >= 11 is 0. The van der Waals surface area contributed by atoms with Crippen molar-refractivity contribution in [2.24, 2.45) is 0 Å². The third-order valence-electron chi connectivity index (χ3n) is 6.92. The van der Waals surface area contributed by atoms with Crippen LogP contribution in [0.3, 0.4) is 0 Å². The van der Waals surface area contributed by atoms with Crippen molar-refractivity contribution in [3.8, 4) is 0 Å². The Morgan fingerprint density at radius 2 is 1.37 bits per heavy atom. The van der Waals surface area contributed by atoms with E-state index in [1.54, 1.807) is 21.9 Å². The molecule has 0 bridgehead atoms. The molecular weight excluding hydrogens is 442 g/mol. The predicted molar refractivity (Wildman–Crippen MR) is 131 cm³/mol. The second-order valence-electron chi connectivity index (χ2n) is 9.14. The van der Waals surface area contributed by atoms with Crippen molar-refractivity contribution in [3.63, 3.8) is 0 Å². The molecule has 0 spiro atoms. The lowest BCUT2D eigenvalue weighted by atomic mass is 9.89. The summed E-state index contributed by atoms with van der Waals surface area (Å²) in [6.45, 7) is 3.33. The number of likely N-dealkylation sites (tertiary alicyclic amines) is 1. The van der Waals surface area contributed by atoms with Crippen LogP contribution in [-0.4, -0.2) is 71.7 Å². The Bertz CT molecular complexity index is 1180. The molecule has 3 amide bonds. The molecule has 2 saturated heterocycles. The van der Waals surface area contributed by atoms with Gasteiger partial charge in [-0.1, -0.05) is 30.3 Å². The van der Waals surface area contributed by atoms with Crippen LogP contribution in [0.2, 0.25) is 0 Å². The number of rotatable bonds is 4. The van der Waals surface area contributed by atoms with Crippen molar-refractivity contribution in [2.75, 3.05) is 39.3 Å². The van der Waals surface area contributed by atoms with Gasteiger partial charge in [0.1, 0.15) is 0 Å². The summed E-state index contributed by atoms with van der Waals surface area (Å²) in [4.78, 5) is 44.1. The Hall–Kier alpha value is -3.87. The van der Waals surface area contributed by atoms with Gasteiger partial charge in [0.15, 0.2) is 5.76 Å². The van der Waals surface area contributed by atoms with Crippen LogP contribution in [0.4, 0.5) is 0 Å². The van der Waals surface area contributed by atoms with E-state index >= 15 is 0 Å². The molecular formula is C28H29N3O4. The van der Waals surface area contributed by atoms with Crippen LogP contribution in [0, 0.1) is 0 Å². The number of carbonyl (C=O) groups excluding carboxylic acids is 3. The molecule has 180 valence electrons. The van der Waals surface area contributed by atoms with Gasteiger partial charge in [-0.2, -0.15) is 0 Å². The third kappa shape index (κ3) is 4.99. The maximum atomic E-state index is 13.2. The Labute approximate surface area is 204 Å². The van der Waals surface area contributed by atoms with Gasteiger partial charge in [0.25, 0.3) is 17.7 Å². The zero-order chi connectivity index (χ0) is 24.2. The first-order chi connectivity index (χ1) is 17.1. The van der Waals surface area contributed by atoms with Gasteiger partial charge < -0.3 is 19.1 Å². The molecule has 0 radical (unpaired) electrons. The van der Waals surface area contributed by atoms with Crippen LogP contribution in [-0.2, 0) is 0 Å². The number of carbonyl (C=O) groups is 3. The molecule has 1 aromatic heterocycles. The Morgan fingerprint density at radius 1 is 0.686 bits per heavy atom. The maximum absolute atomic E-state index is 13.2. The minimum absolute atomic E-state index is 0.0232. The normalized spacial score (nSPS) is 18.4. The van der Waals surface area contributed by atoms with E-state index in [9.17, 15) is 14.4 Å². The van der Waals surface area contributed by atoms with Crippen LogP contribution < -0.4 is 0 Å². The second-order valence-corrected chi connectivity index (χ2v) is 9.14. The SMILES string of the molecule is O=C(c1cccc(C2CCCN(C(=O)c3ccccc3)C2)c1)N1CCN(C(=O)c2ccco2)CC1. The van der Waals surface area contributed by atoms with E-state index in [4.69, 9.17) is 4.42 Å². The molecule has 1 unspecified atom stereocenters. The van der Waals surface area contributed by atoms with Gasteiger partial charge in [-0.3, -0.25) is 14.4 Å². The minimum Gasteiger partial charge on any atom is -0.459 e. The van der Waals surface area contributed by atoms with Crippen molar-refractivity contribution in [1.82, 2.24) is 14.7 Å². The van der Waals surface area contributed by atoms with Crippen molar-refractivity contribution < 1.29 is 18.8 Å². The highest BCUT2D eigenvalue weighted by Crippen LogP contribution is 2.29. The molecule has 35 heavy (non-hydrogen) atoms. The van der Waals surface area contributed by atoms with Gasteiger partial charge in [-0.25, -0.2) is 0 Å². The van der Waals surface area contributed by atoms with E-state index in [1.165, 1.54) is 6.26 Å². The molecule has 2 fully saturated rings. The van der Waals surface area contributed by atoms with Gasteiger partial charge in [-0.15, -0.1) is 0 Å². The molecule has 2 aromatic carbocycles. The fourth-order valence-corrected chi connectivity index (χ4v) is 4.97. The van der Waals surface area contributed by atoms with Gasteiger partial charge in [0.05, 0.1) is 6.26 Å². The number of nitrogens with zero attached hydrogens (tertiary/aromatic N) is 3. The minimum atomic E-state index is -0.143. The van der Waals surface area contributed by atoms with Crippen molar-refractivity contribution in [1.29, 1.82) is 0 Å². The first-order valence-electron chi connectivity index (χ1n) is 12.2. The fraction of sp³-hybridized carbons (Fsp3) is 0.321. The first kappa shape index (κ1) is 22.9. The Kier molecular flexibility index (Phi) is 6.66. The highest BCUT2D eigenvalue weighted by atomic mass is 16.3. The number of benzene rings is 2. The number of piperazine rings is 1. The lowest BCUT2D eigenvalue weighted by Gasteiger charge is -2.35. The third-order valence-corrected chi connectivity index (χ3v) is 6.92. The molecule has 3 heterocycles. The smallest absolute Gasteiger partial charge is 0.289 e. The van der Waals surface area contributed by atoms with Crippen LogP contribution in [0.1, 0.15) is 55.6 Å². The zero-order valence-corrected chi connectivity index (χ0v) is 19.6. The van der Waals surface area contributed by atoms with Crippen molar-refractivity contribution in [2.45, 2.75) is 18.8 Å². The molecule has 0 N–H and O–H groups in total. The van der Waals surface area contributed by atoms with Gasteiger partial charge in [0, 0.05) is 56.3 Å². The standard InChI is InChI=1S/C28H29N3O4/c32-26(21-7-2-1-3-8-21)31-13-5-11-24(20-31)22-9-4-10-23(19-22)27(33)29-14-16-30(17-15-29)28(34)25-12-6-18-35-25/h1-4,6-10,12,18-19,24H,5,11,13-17,20H2. The van der Waals surface area contributed by atoms with E-state index in [1.807, 2.05) is 53.4 Å². The van der Waals surface area contributed by atoms with Crippen molar-refractivity contribution in [3.05, 3.63) is 95.4 Å². The van der Waals surface area contributed by atoms with Crippen LogP contribution in [0.5, 0.6) is 0 Å². The summed E-state index contributed by atoms with van der Waals surface area (Å²) < 4.78 is 5.21. The molecule has 2 aliphatic rings. The summed E-state index contributed by atoms with van der Waals surface area (Å²) in [5.41, 5.74) is 2.45. The quantitative estimate of drug-likeness (QED) is 0.579. The number of amides is 3. The lowest BCUT2D eigenvalue weighted by Crippen LogP contribution is -2.50. The molecule has 0 saturated carbocycles. The van der Waals surface area contributed by atoms with E-state index in [2.05, 4.69) is 6.07 Å². The second kappa shape index (κ2) is 10.2. The average molecular weight is 472 g/mol. The van der Waals surface area contributed by atoms with Crippen LogP contribution >= 0.6 is 0 Å². The Balaban J connectivity index is 1.22. The molecule has 3 aromatic rings. The topological polar surface area (TPSA) is 74.1 Å². The average Bonchev–Trinajstić information content (AvgIpc) is 3.48. The van der Waals surface area contributed by atoms with E-state index < -0.39 is 0 Å². The summed E-state index contributed by atoms with van der Waals surface area (Å²) in [5.74, 6) is 0.419. The van der Waals surface area contributed by atoms with Gasteiger partial charge in [-0.05, 0) is 54.8 Å². The molecule has 7 nitrogen and oxygen atoms in total. The number of hydrogen-bond donors (Lipinski definition) is 0. The molecule has 2 aliphatic heterocycles. The largest absolute Gasteiger partial charge is 0.459 e. The number of piperidine rings is 1. The lowest BCUT2D eigenvalue weighted by molar-refractivity contribution is 0.0518. The predicted octanol–water partition coefficient (Wildman–Crippen LogP) is 3.90.